The van der Waals surface area contributed by atoms with Crippen LogP contribution in [-0.2, 0) is 21.9 Å². The molecule has 1 aromatic rings. The molecular formula is C12H19N3O5S. The van der Waals surface area contributed by atoms with Crippen molar-refractivity contribution in [1.29, 1.82) is 0 Å². The summed E-state index contributed by atoms with van der Waals surface area (Å²) >= 11 is 0. The molecule has 0 spiro atoms. The molecule has 3 N–H and O–H groups in total. The molecule has 1 heterocycles. The summed E-state index contributed by atoms with van der Waals surface area (Å²) in [4.78, 5) is 22.1. The van der Waals surface area contributed by atoms with E-state index in [4.69, 9.17) is 5.11 Å². The lowest BCUT2D eigenvalue weighted by Crippen LogP contribution is -2.31. The molecule has 1 rings (SSSR count). The molecule has 0 saturated carbocycles. The summed E-state index contributed by atoms with van der Waals surface area (Å²) < 4.78 is 27.4. The zero-order valence-electron chi connectivity index (χ0n) is 11.9. The summed E-state index contributed by atoms with van der Waals surface area (Å²) in [5, 5.41) is 11.5. The minimum atomic E-state index is -3.83. The number of hydrogen-bond acceptors (Lipinski definition) is 4. The number of carbonyl (C=O) groups is 2. The molecule has 0 saturated heterocycles. The highest BCUT2D eigenvalue weighted by Crippen LogP contribution is 2.13. The number of aromatic carboxylic acids is 1. The van der Waals surface area contributed by atoms with Gasteiger partial charge in [-0.05, 0) is 12.5 Å². The van der Waals surface area contributed by atoms with Crippen molar-refractivity contribution in [3.8, 4) is 0 Å². The molecule has 8 nitrogen and oxygen atoms in total. The van der Waals surface area contributed by atoms with Gasteiger partial charge >= 0.3 is 5.97 Å². The Hall–Kier alpha value is -1.87. The van der Waals surface area contributed by atoms with E-state index in [9.17, 15) is 18.0 Å². The predicted molar refractivity (Wildman–Crippen MR) is 75.5 cm³/mol. The second kappa shape index (κ2) is 7.23. The maximum atomic E-state index is 12.0. The second-order valence-electron chi connectivity index (χ2n) is 4.47. The number of aryl methyl sites for hydroxylation is 1. The van der Waals surface area contributed by atoms with E-state index in [0.717, 1.165) is 12.5 Å². The van der Waals surface area contributed by atoms with Crippen LogP contribution in [0.15, 0.2) is 17.2 Å². The van der Waals surface area contributed by atoms with E-state index in [1.54, 1.807) is 0 Å². The third-order valence-corrected chi connectivity index (χ3v) is 4.15. The van der Waals surface area contributed by atoms with Gasteiger partial charge in [0.1, 0.15) is 10.6 Å². The normalized spacial score (nSPS) is 11.3. The van der Waals surface area contributed by atoms with Gasteiger partial charge in [-0.1, -0.05) is 6.92 Å². The maximum absolute atomic E-state index is 12.0. The first-order valence-electron chi connectivity index (χ1n) is 6.44. The van der Waals surface area contributed by atoms with E-state index in [-0.39, 0.29) is 29.5 Å². The van der Waals surface area contributed by atoms with Crippen LogP contribution in [0.5, 0.6) is 0 Å². The Labute approximate surface area is 123 Å². The van der Waals surface area contributed by atoms with Crippen molar-refractivity contribution in [2.75, 3.05) is 13.1 Å². The number of hydrogen-bond donors (Lipinski definition) is 3. The van der Waals surface area contributed by atoms with Crippen LogP contribution in [0.3, 0.4) is 0 Å². The second-order valence-corrected chi connectivity index (χ2v) is 6.24. The third-order valence-electron chi connectivity index (χ3n) is 2.73. The van der Waals surface area contributed by atoms with Gasteiger partial charge in [0.25, 0.3) is 0 Å². The quantitative estimate of drug-likeness (QED) is 0.620. The summed E-state index contributed by atoms with van der Waals surface area (Å²) in [5.74, 6) is -1.45. The summed E-state index contributed by atoms with van der Waals surface area (Å²) in [6.07, 6.45) is 2.04. The van der Waals surface area contributed by atoms with Crippen molar-refractivity contribution in [1.82, 2.24) is 14.6 Å². The highest BCUT2D eigenvalue weighted by molar-refractivity contribution is 7.89. The van der Waals surface area contributed by atoms with Gasteiger partial charge in [-0.15, -0.1) is 0 Å². The Morgan fingerprint density at radius 1 is 1.33 bits per heavy atom. The molecule has 0 aliphatic carbocycles. The largest absolute Gasteiger partial charge is 0.477 e. The van der Waals surface area contributed by atoms with Gasteiger partial charge in [-0.3, -0.25) is 4.79 Å². The number of carbonyl (C=O) groups excluding carboxylic acids is 1. The number of sulfonamides is 1. The number of carboxylic acids is 1. The molecule has 0 aromatic carbocycles. The van der Waals surface area contributed by atoms with Crippen LogP contribution < -0.4 is 10.0 Å². The van der Waals surface area contributed by atoms with Gasteiger partial charge < -0.3 is 15.0 Å². The van der Waals surface area contributed by atoms with Gasteiger partial charge in [0.15, 0.2) is 0 Å². The molecule has 9 heteroatoms. The van der Waals surface area contributed by atoms with Crippen LogP contribution in [0.2, 0.25) is 0 Å². The first-order valence-corrected chi connectivity index (χ1v) is 7.92. The van der Waals surface area contributed by atoms with Crippen LogP contribution in [0, 0.1) is 0 Å². The fourth-order valence-electron chi connectivity index (χ4n) is 1.63. The summed E-state index contributed by atoms with van der Waals surface area (Å²) in [5.41, 5.74) is -0.129. The van der Waals surface area contributed by atoms with E-state index < -0.39 is 16.0 Å². The van der Waals surface area contributed by atoms with Gasteiger partial charge in [0, 0.05) is 32.8 Å². The van der Waals surface area contributed by atoms with Crippen molar-refractivity contribution in [3.63, 3.8) is 0 Å². The Morgan fingerprint density at radius 2 is 2.00 bits per heavy atom. The summed E-state index contributed by atoms with van der Waals surface area (Å²) in [7, 11) is -2.38. The topological polar surface area (TPSA) is 118 Å². The van der Waals surface area contributed by atoms with E-state index >= 15 is 0 Å². The van der Waals surface area contributed by atoms with Gasteiger partial charge in [-0.2, -0.15) is 0 Å². The molecule has 0 aliphatic rings. The van der Waals surface area contributed by atoms with Gasteiger partial charge in [-0.25, -0.2) is 17.9 Å². The molecule has 0 fully saturated rings. The molecule has 0 unspecified atom stereocenters. The lowest BCUT2D eigenvalue weighted by atomic mass is 10.4. The first kappa shape index (κ1) is 17.2. The molecule has 0 atom stereocenters. The van der Waals surface area contributed by atoms with Crippen LogP contribution in [-0.4, -0.2) is 43.1 Å². The summed E-state index contributed by atoms with van der Waals surface area (Å²) in [6, 6.07) is 1.07. The molecule has 1 amide bonds. The Balaban J connectivity index is 2.64. The average Bonchev–Trinajstić information content (AvgIpc) is 2.79. The molecule has 21 heavy (non-hydrogen) atoms. The van der Waals surface area contributed by atoms with Crippen molar-refractivity contribution in [2.24, 2.45) is 7.05 Å². The molecule has 0 radical (unpaired) electrons. The number of nitrogens with zero attached hydrogens (tertiary/aromatic N) is 1. The zero-order valence-corrected chi connectivity index (χ0v) is 12.7. The van der Waals surface area contributed by atoms with Crippen LogP contribution in [0.25, 0.3) is 0 Å². The molecule has 0 aliphatic heterocycles. The first-order chi connectivity index (χ1) is 9.77. The third kappa shape index (κ3) is 4.87. The van der Waals surface area contributed by atoms with Crippen LogP contribution >= 0.6 is 0 Å². The SMILES string of the molecule is CCCNC(=O)CCNS(=O)(=O)c1cc(C(=O)O)n(C)c1. The zero-order chi connectivity index (χ0) is 16.0. The number of rotatable bonds is 8. The van der Waals surface area contributed by atoms with Gasteiger partial charge in [0.05, 0.1) is 0 Å². The van der Waals surface area contributed by atoms with Crippen molar-refractivity contribution in [2.45, 2.75) is 24.7 Å². The monoisotopic (exact) mass is 317 g/mol. The highest BCUT2D eigenvalue weighted by atomic mass is 32.2. The minimum Gasteiger partial charge on any atom is -0.477 e. The lowest BCUT2D eigenvalue weighted by Gasteiger charge is -2.05. The smallest absolute Gasteiger partial charge is 0.352 e. The van der Waals surface area contributed by atoms with Crippen LogP contribution in [0.1, 0.15) is 30.3 Å². The number of amides is 1. The van der Waals surface area contributed by atoms with Crippen molar-refractivity contribution < 1.29 is 23.1 Å². The Bertz CT molecular complexity index is 621. The molecule has 118 valence electrons. The molecule has 1 aromatic heterocycles. The summed E-state index contributed by atoms with van der Waals surface area (Å²) in [6.45, 7) is 2.42. The van der Waals surface area contributed by atoms with E-state index in [0.29, 0.717) is 6.54 Å². The highest BCUT2D eigenvalue weighted by Gasteiger charge is 2.20. The van der Waals surface area contributed by atoms with Crippen molar-refractivity contribution in [3.05, 3.63) is 18.0 Å². The predicted octanol–water partition coefficient (Wildman–Crippen LogP) is -0.0821. The number of nitrogens with one attached hydrogen (secondary N) is 2. The van der Waals surface area contributed by atoms with Crippen LogP contribution in [0.4, 0.5) is 0 Å². The average molecular weight is 317 g/mol. The fraction of sp³-hybridized carbons (Fsp3) is 0.500. The van der Waals surface area contributed by atoms with E-state index in [1.807, 2.05) is 6.92 Å². The Morgan fingerprint density at radius 3 is 2.52 bits per heavy atom. The Kier molecular flexibility index (Phi) is 5.91. The lowest BCUT2D eigenvalue weighted by molar-refractivity contribution is -0.120. The number of carboxylic acid groups (broad SMARTS) is 1. The maximum Gasteiger partial charge on any atom is 0.352 e. The van der Waals surface area contributed by atoms with E-state index in [1.165, 1.54) is 17.8 Å². The molecule has 0 bridgehead atoms. The number of aromatic nitrogens is 1. The van der Waals surface area contributed by atoms with Gasteiger partial charge in [0.2, 0.25) is 15.9 Å². The minimum absolute atomic E-state index is 0.0256. The standard InChI is InChI=1S/C12H19N3O5S/c1-3-5-13-11(16)4-6-14-21(19,20)9-7-10(12(17)18)15(2)8-9/h7-8,14H,3-6H2,1-2H3,(H,13,16)(H,17,18). The fourth-order valence-corrected chi connectivity index (χ4v) is 2.73. The van der Waals surface area contributed by atoms with Crippen molar-refractivity contribution >= 4 is 21.9 Å². The van der Waals surface area contributed by atoms with E-state index in [2.05, 4.69) is 10.0 Å². The molecular weight excluding hydrogens is 298 g/mol.